The SMILES string of the molecule is CN=C(NCCc1ccc2c(c1)OCO2)NCCN(CCOC)C1CC1.I. The first kappa shape index (κ1) is 22.0. The standard InChI is InChI=1S/C19H30N4O3.HI/c1-20-19(22-9-10-23(11-12-24-2)16-4-5-16)21-8-7-15-3-6-17-18(13-15)26-14-25-17;/h3,6,13,16H,4-5,7-12,14H2,1-2H3,(H2,20,21,22);1H. The van der Waals surface area contributed by atoms with Crippen LogP contribution in [0.5, 0.6) is 11.5 Å². The van der Waals surface area contributed by atoms with E-state index in [1.807, 2.05) is 12.1 Å². The van der Waals surface area contributed by atoms with E-state index in [1.165, 1.54) is 18.4 Å². The number of nitrogens with one attached hydrogen (secondary N) is 2. The maximum atomic E-state index is 5.42. The van der Waals surface area contributed by atoms with Crippen molar-refractivity contribution in [3.63, 3.8) is 0 Å². The molecule has 8 heteroatoms. The number of guanidine groups is 1. The van der Waals surface area contributed by atoms with Gasteiger partial charge >= 0.3 is 0 Å². The lowest BCUT2D eigenvalue weighted by Crippen LogP contribution is -2.43. The maximum Gasteiger partial charge on any atom is 0.231 e. The van der Waals surface area contributed by atoms with Crippen LogP contribution >= 0.6 is 24.0 Å². The molecule has 1 aromatic carbocycles. The van der Waals surface area contributed by atoms with Crippen molar-refractivity contribution in [3.8, 4) is 11.5 Å². The van der Waals surface area contributed by atoms with E-state index in [4.69, 9.17) is 14.2 Å². The summed E-state index contributed by atoms with van der Waals surface area (Å²) in [5.74, 6) is 2.50. The zero-order chi connectivity index (χ0) is 18.2. The fraction of sp³-hybridized carbons (Fsp3) is 0.632. The number of methoxy groups -OCH3 is 1. The molecule has 0 atom stereocenters. The van der Waals surface area contributed by atoms with Crippen molar-refractivity contribution in [2.75, 3.05) is 53.7 Å². The molecule has 1 heterocycles. The molecule has 1 aromatic rings. The van der Waals surface area contributed by atoms with Crippen molar-refractivity contribution in [2.24, 2.45) is 4.99 Å². The van der Waals surface area contributed by atoms with E-state index in [9.17, 15) is 0 Å². The zero-order valence-corrected chi connectivity index (χ0v) is 18.5. The number of ether oxygens (including phenoxy) is 3. The summed E-state index contributed by atoms with van der Waals surface area (Å²) >= 11 is 0. The minimum atomic E-state index is 0. The zero-order valence-electron chi connectivity index (χ0n) is 16.2. The van der Waals surface area contributed by atoms with Gasteiger partial charge in [-0.05, 0) is 37.0 Å². The molecule has 2 N–H and O–H groups in total. The average Bonchev–Trinajstić information content (AvgIpc) is 3.40. The number of rotatable bonds is 10. The quantitative estimate of drug-likeness (QED) is 0.297. The van der Waals surface area contributed by atoms with Crippen LogP contribution in [0.3, 0.4) is 0 Å². The van der Waals surface area contributed by atoms with Gasteiger partial charge in [0.05, 0.1) is 6.61 Å². The third-order valence-electron chi connectivity index (χ3n) is 4.70. The summed E-state index contributed by atoms with van der Waals surface area (Å²) in [6, 6.07) is 6.84. The van der Waals surface area contributed by atoms with Gasteiger partial charge in [0.25, 0.3) is 0 Å². The van der Waals surface area contributed by atoms with Gasteiger partial charge in [-0.3, -0.25) is 9.89 Å². The summed E-state index contributed by atoms with van der Waals surface area (Å²) in [4.78, 5) is 6.80. The highest BCUT2D eigenvalue weighted by Crippen LogP contribution is 2.32. The molecule has 7 nitrogen and oxygen atoms in total. The highest BCUT2D eigenvalue weighted by atomic mass is 127. The Morgan fingerprint density at radius 2 is 1.96 bits per heavy atom. The van der Waals surface area contributed by atoms with E-state index < -0.39 is 0 Å². The van der Waals surface area contributed by atoms with Crippen molar-refractivity contribution in [3.05, 3.63) is 23.8 Å². The molecular formula is C19H31IN4O3. The highest BCUT2D eigenvalue weighted by molar-refractivity contribution is 14.0. The molecule has 0 radical (unpaired) electrons. The molecule has 27 heavy (non-hydrogen) atoms. The molecule has 152 valence electrons. The normalized spacial score (nSPS) is 15.6. The lowest BCUT2D eigenvalue weighted by molar-refractivity contribution is 0.144. The molecule has 1 fully saturated rings. The predicted octanol–water partition coefficient (Wildman–Crippen LogP) is 1.85. The van der Waals surface area contributed by atoms with Crippen molar-refractivity contribution in [1.82, 2.24) is 15.5 Å². The van der Waals surface area contributed by atoms with E-state index in [-0.39, 0.29) is 24.0 Å². The first-order chi connectivity index (χ1) is 12.8. The molecule has 1 aliphatic carbocycles. The molecule has 0 bridgehead atoms. The second kappa shape index (κ2) is 11.6. The van der Waals surface area contributed by atoms with E-state index in [0.29, 0.717) is 6.79 Å². The topological polar surface area (TPSA) is 67.4 Å². The Kier molecular flexibility index (Phi) is 9.43. The fourth-order valence-corrected chi connectivity index (χ4v) is 3.09. The van der Waals surface area contributed by atoms with E-state index >= 15 is 0 Å². The van der Waals surface area contributed by atoms with Gasteiger partial charge in [0, 0.05) is 46.4 Å². The molecule has 1 saturated carbocycles. The Balaban J connectivity index is 0.00000261. The van der Waals surface area contributed by atoms with Crippen LogP contribution in [0.1, 0.15) is 18.4 Å². The summed E-state index contributed by atoms with van der Waals surface area (Å²) in [6.45, 7) is 4.81. The van der Waals surface area contributed by atoms with Crippen LogP contribution in [-0.4, -0.2) is 70.6 Å². The Morgan fingerprint density at radius 1 is 1.19 bits per heavy atom. The van der Waals surface area contributed by atoms with E-state index in [0.717, 1.165) is 62.7 Å². The second-order valence-corrected chi connectivity index (χ2v) is 6.62. The van der Waals surface area contributed by atoms with Crippen LogP contribution in [0.15, 0.2) is 23.2 Å². The first-order valence-corrected chi connectivity index (χ1v) is 9.36. The summed E-state index contributed by atoms with van der Waals surface area (Å²) in [6.07, 6.45) is 3.53. The van der Waals surface area contributed by atoms with Gasteiger partial charge in [-0.15, -0.1) is 24.0 Å². The minimum Gasteiger partial charge on any atom is -0.454 e. The molecule has 0 amide bonds. The van der Waals surface area contributed by atoms with Crippen LogP contribution in [-0.2, 0) is 11.2 Å². The van der Waals surface area contributed by atoms with Crippen molar-refractivity contribution < 1.29 is 14.2 Å². The first-order valence-electron chi connectivity index (χ1n) is 9.36. The highest BCUT2D eigenvalue weighted by Gasteiger charge is 2.28. The van der Waals surface area contributed by atoms with Crippen LogP contribution in [0.25, 0.3) is 0 Å². The smallest absolute Gasteiger partial charge is 0.231 e. The van der Waals surface area contributed by atoms with Gasteiger partial charge in [0.1, 0.15) is 0 Å². The largest absolute Gasteiger partial charge is 0.454 e. The average molecular weight is 490 g/mol. The van der Waals surface area contributed by atoms with Crippen molar-refractivity contribution in [1.29, 1.82) is 0 Å². The summed E-state index contributed by atoms with van der Waals surface area (Å²) < 4.78 is 16.0. The number of halogens is 1. The predicted molar refractivity (Wildman–Crippen MR) is 118 cm³/mol. The monoisotopic (exact) mass is 490 g/mol. The number of benzene rings is 1. The summed E-state index contributed by atoms with van der Waals surface area (Å²) in [5.41, 5.74) is 1.22. The minimum absolute atomic E-state index is 0. The van der Waals surface area contributed by atoms with Crippen LogP contribution < -0.4 is 20.1 Å². The Bertz CT molecular complexity index is 611. The molecule has 1 aliphatic heterocycles. The second-order valence-electron chi connectivity index (χ2n) is 6.62. The van der Waals surface area contributed by atoms with Crippen LogP contribution in [0, 0.1) is 0 Å². The number of hydrogen-bond donors (Lipinski definition) is 2. The molecule has 2 aliphatic rings. The molecule has 0 spiro atoms. The Morgan fingerprint density at radius 3 is 2.70 bits per heavy atom. The van der Waals surface area contributed by atoms with Gasteiger partial charge in [-0.1, -0.05) is 6.07 Å². The molecular weight excluding hydrogens is 459 g/mol. The maximum absolute atomic E-state index is 5.42. The van der Waals surface area contributed by atoms with E-state index in [2.05, 4.69) is 26.6 Å². The summed E-state index contributed by atoms with van der Waals surface area (Å²) in [7, 11) is 3.56. The lowest BCUT2D eigenvalue weighted by atomic mass is 10.1. The fourth-order valence-electron chi connectivity index (χ4n) is 3.09. The lowest BCUT2D eigenvalue weighted by Gasteiger charge is -2.22. The third kappa shape index (κ3) is 7.00. The van der Waals surface area contributed by atoms with Crippen molar-refractivity contribution in [2.45, 2.75) is 25.3 Å². The van der Waals surface area contributed by atoms with Crippen LogP contribution in [0.4, 0.5) is 0 Å². The van der Waals surface area contributed by atoms with E-state index in [1.54, 1.807) is 14.2 Å². The van der Waals surface area contributed by atoms with Crippen molar-refractivity contribution >= 4 is 29.9 Å². The molecule has 0 aromatic heterocycles. The van der Waals surface area contributed by atoms with Gasteiger partial charge in [0.2, 0.25) is 6.79 Å². The Hall–Kier alpha value is -1.26. The van der Waals surface area contributed by atoms with Crippen LogP contribution in [0.2, 0.25) is 0 Å². The third-order valence-corrected chi connectivity index (χ3v) is 4.70. The number of aliphatic imine (C=N–C) groups is 1. The number of fused-ring (bicyclic) bond motifs is 1. The number of nitrogens with zero attached hydrogens (tertiary/aromatic N) is 2. The van der Waals surface area contributed by atoms with Gasteiger partial charge in [0.15, 0.2) is 17.5 Å². The van der Waals surface area contributed by atoms with Gasteiger partial charge < -0.3 is 24.8 Å². The Labute approximate surface area is 178 Å². The van der Waals surface area contributed by atoms with Gasteiger partial charge in [-0.2, -0.15) is 0 Å². The molecule has 0 saturated heterocycles. The molecule has 3 rings (SSSR count). The molecule has 0 unspecified atom stereocenters. The number of hydrogen-bond acceptors (Lipinski definition) is 5. The summed E-state index contributed by atoms with van der Waals surface area (Å²) in [5, 5.41) is 6.77. The van der Waals surface area contributed by atoms with Gasteiger partial charge in [-0.25, -0.2) is 0 Å².